The lowest BCUT2D eigenvalue weighted by Crippen LogP contribution is -2.31. The molecule has 4 heteroatoms. The molecule has 0 aliphatic carbocycles. The Labute approximate surface area is 137 Å². The molecule has 122 valence electrons. The van der Waals surface area contributed by atoms with Crippen LogP contribution in [0.4, 0.5) is 0 Å². The van der Waals surface area contributed by atoms with Gasteiger partial charge in [-0.2, -0.15) is 0 Å². The Balaban J connectivity index is 1.83. The first-order valence-electron chi connectivity index (χ1n) is 7.77. The molecule has 1 N–H and O–H groups in total. The smallest absolute Gasteiger partial charge is 0.258 e. The quantitative estimate of drug-likeness (QED) is 0.851. The standard InChI is InChI=1S/C19H23NO3/c1-4-15-5-7-16(8-6-15)14(2)20-19(21)13-23-18-11-9-17(22-3)10-12-18/h5-12,14H,4,13H2,1-3H3,(H,20,21)/t14-/m0/s1. The van der Waals surface area contributed by atoms with E-state index in [2.05, 4.69) is 24.4 Å². The summed E-state index contributed by atoms with van der Waals surface area (Å²) >= 11 is 0. The fourth-order valence-corrected chi connectivity index (χ4v) is 2.23. The minimum Gasteiger partial charge on any atom is -0.497 e. The largest absolute Gasteiger partial charge is 0.497 e. The topological polar surface area (TPSA) is 47.6 Å². The summed E-state index contributed by atoms with van der Waals surface area (Å²) in [7, 11) is 1.61. The van der Waals surface area contributed by atoms with Crippen molar-refractivity contribution in [1.29, 1.82) is 0 Å². The van der Waals surface area contributed by atoms with Crippen molar-refractivity contribution in [2.45, 2.75) is 26.3 Å². The Bertz CT molecular complexity index is 620. The van der Waals surface area contributed by atoms with Crippen LogP contribution in [0.2, 0.25) is 0 Å². The maximum atomic E-state index is 12.0. The second-order valence-corrected chi connectivity index (χ2v) is 5.35. The van der Waals surface area contributed by atoms with Crippen molar-refractivity contribution in [2.24, 2.45) is 0 Å². The summed E-state index contributed by atoms with van der Waals surface area (Å²) in [4.78, 5) is 12.0. The van der Waals surface area contributed by atoms with Crippen LogP contribution in [0.3, 0.4) is 0 Å². The van der Waals surface area contributed by atoms with E-state index in [1.54, 1.807) is 31.4 Å². The van der Waals surface area contributed by atoms with Crippen LogP contribution in [-0.4, -0.2) is 19.6 Å². The molecule has 0 bridgehead atoms. The summed E-state index contributed by atoms with van der Waals surface area (Å²) in [5.74, 6) is 1.25. The molecule has 0 saturated carbocycles. The zero-order chi connectivity index (χ0) is 16.7. The fourth-order valence-electron chi connectivity index (χ4n) is 2.23. The van der Waals surface area contributed by atoms with Crippen LogP contribution in [0.15, 0.2) is 48.5 Å². The first-order valence-corrected chi connectivity index (χ1v) is 7.77. The summed E-state index contributed by atoms with van der Waals surface area (Å²) < 4.78 is 10.6. The lowest BCUT2D eigenvalue weighted by Gasteiger charge is -2.15. The highest BCUT2D eigenvalue weighted by molar-refractivity contribution is 5.78. The van der Waals surface area contributed by atoms with E-state index in [9.17, 15) is 4.79 Å². The molecule has 2 rings (SSSR count). The molecule has 0 spiro atoms. The van der Waals surface area contributed by atoms with Gasteiger partial charge in [-0.1, -0.05) is 31.2 Å². The predicted octanol–water partition coefficient (Wildman–Crippen LogP) is 3.51. The monoisotopic (exact) mass is 313 g/mol. The van der Waals surface area contributed by atoms with E-state index in [1.165, 1.54) is 5.56 Å². The summed E-state index contributed by atoms with van der Waals surface area (Å²) in [6.07, 6.45) is 1.01. The lowest BCUT2D eigenvalue weighted by molar-refractivity contribution is -0.123. The molecule has 0 fully saturated rings. The van der Waals surface area contributed by atoms with Gasteiger partial charge in [0.1, 0.15) is 11.5 Å². The molecule has 2 aromatic carbocycles. The summed E-state index contributed by atoms with van der Waals surface area (Å²) in [5, 5.41) is 2.94. The zero-order valence-corrected chi connectivity index (χ0v) is 13.8. The first kappa shape index (κ1) is 16.9. The van der Waals surface area contributed by atoms with Crippen LogP contribution in [0.25, 0.3) is 0 Å². The Kier molecular flexibility index (Phi) is 6.03. The Morgan fingerprint density at radius 1 is 1.04 bits per heavy atom. The number of carbonyl (C=O) groups is 1. The second-order valence-electron chi connectivity index (χ2n) is 5.35. The van der Waals surface area contributed by atoms with Gasteiger partial charge in [-0.05, 0) is 48.7 Å². The van der Waals surface area contributed by atoms with Crippen molar-refractivity contribution in [3.8, 4) is 11.5 Å². The van der Waals surface area contributed by atoms with Crippen molar-refractivity contribution in [3.63, 3.8) is 0 Å². The van der Waals surface area contributed by atoms with Gasteiger partial charge in [0.2, 0.25) is 0 Å². The number of rotatable bonds is 7. The van der Waals surface area contributed by atoms with Gasteiger partial charge < -0.3 is 14.8 Å². The summed E-state index contributed by atoms with van der Waals surface area (Å²) in [5.41, 5.74) is 2.37. The zero-order valence-electron chi connectivity index (χ0n) is 13.8. The van der Waals surface area contributed by atoms with Gasteiger partial charge >= 0.3 is 0 Å². The van der Waals surface area contributed by atoms with Gasteiger partial charge in [0.25, 0.3) is 5.91 Å². The molecule has 1 amide bonds. The highest BCUT2D eigenvalue weighted by atomic mass is 16.5. The molecule has 4 nitrogen and oxygen atoms in total. The van der Waals surface area contributed by atoms with Crippen LogP contribution in [0.1, 0.15) is 31.0 Å². The molecule has 0 aromatic heterocycles. The summed E-state index contributed by atoms with van der Waals surface area (Å²) in [6.45, 7) is 4.08. The number of aryl methyl sites for hydroxylation is 1. The molecular formula is C19H23NO3. The molecule has 0 radical (unpaired) electrons. The third kappa shape index (κ3) is 5.02. The van der Waals surface area contributed by atoms with Crippen molar-refractivity contribution < 1.29 is 14.3 Å². The second kappa shape index (κ2) is 8.22. The Hall–Kier alpha value is -2.49. The minimum atomic E-state index is -0.145. The number of hydrogen-bond acceptors (Lipinski definition) is 3. The third-order valence-corrected chi connectivity index (χ3v) is 3.69. The van der Waals surface area contributed by atoms with Gasteiger partial charge in [-0.25, -0.2) is 0 Å². The van der Waals surface area contributed by atoms with Gasteiger partial charge in [0.15, 0.2) is 6.61 Å². The Morgan fingerprint density at radius 3 is 2.22 bits per heavy atom. The van der Waals surface area contributed by atoms with E-state index in [0.29, 0.717) is 5.75 Å². The van der Waals surface area contributed by atoms with Gasteiger partial charge in [-0.3, -0.25) is 4.79 Å². The normalized spacial score (nSPS) is 11.6. The van der Waals surface area contributed by atoms with Crippen LogP contribution in [0.5, 0.6) is 11.5 Å². The average molecular weight is 313 g/mol. The molecule has 0 saturated heterocycles. The van der Waals surface area contributed by atoms with Crippen molar-refractivity contribution in [3.05, 3.63) is 59.7 Å². The van der Waals surface area contributed by atoms with Gasteiger partial charge in [0.05, 0.1) is 13.2 Å². The van der Waals surface area contributed by atoms with E-state index in [-0.39, 0.29) is 18.6 Å². The minimum absolute atomic E-state index is 0.0102. The lowest BCUT2D eigenvalue weighted by atomic mass is 10.1. The maximum Gasteiger partial charge on any atom is 0.258 e. The summed E-state index contributed by atoms with van der Waals surface area (Å²) in [6, 6.07) is 15.4. The highest BCUT2D eigenvalue weighted by Gasteiger charge is 2.10. The average Bonchev–Trinajstić information content (AvgIpc) is 2.60. The molecule has 23 heavy (non-hydrogen) atoms. The SMILES string of the molecule is CCc1ccc([C@H](C)NC(=O)COc2ccc(OC)cc2)cc1. The van der Waals surface area contributed by atoms with Crippen LogP contribution < -0.4 is 14.8 Å². The Morgan fingerprint density at radius 2 is 1.65 bits per heavy atom. The molecule has 1 atom stereocenters. The fraction of sp³-hybridized carbons (Fsp3) is 0.316. The van der Waals surface area contributed by atoms with E-state index >= 15 is 0 Å². The van der Waals surface area contributed by atoms with E-state index in [4.69, 9.17) is 9.47 Å². The highest BCUT2D eigenvalue weighted by Crippen LogP contribution is 2.17. The number of methoxy groups -OCH3 is 1. The number of hydrogen-bond donors (Lipinski definition) is 1. The number of ether oxygens (including phenoxy) is 2. The van der Waals surface area contributed by atoms with Crippen molar-refractivity contribution >= 4 is 5.91 Å². The van der Waals surface area contributed by atoms with Crippen molar-refractivity contribution in [2.75, 3.05) is 13.7 Å². The number of amides is 1. The van der Waals surface area contributed by atoms with Crippen LogP contribution in [-0.2, 0) is 11.2 Å². The molecule has 0 unspecified atom stereocenters. The third-order valence-electron chi connectivity index (χ3n) is 3.69. The van der Waals surface area contributed by atoms with E-state index in [0.717, 1.165) is 17.7 Å². The van der Waals surface area contributed by atoms with Crippen LogP contribution in [0, 0.1) is 0 Å². The molecule has 2 aromatic rings. The van der Waals surface area contributed by atoms with Crippen LogP contribution >= 0.6 is 0 Å². The van der Waals surface area contributed by atoms with Gasteiger partial charge in [-0.15, -0.1) is 0 Å². The molecular weight excluding hydrogens is 290 g/mol. The van der Waals surface area contributed by atoms with Gasteiger partial charge in [0, 0.05) is 0 Å². The number of benzene rings is 2. The molecule has 0 heterocycles. The number of carbonyl (C=O) groups excluding carboxylic acids is 1. The molecule has 0 aliphatic heterocycles. The first-order chi connectivity index (χ1) is 11.1. The van der Waals surface area contributed by atoms with E-state index < -0.39 is 0 Å². The molecule has 0 aliphatic rings. The van der Waals surface area contributed by atoms with E-state index in [1.807, 2.05) is 19.1 Å². The number of nitrogens with one attached hydrogen (secondary N) is 1. The predicted molar refractivity (Wildman–Crippen MR) is 90.9 cm³/mol. The van der Waals surface area contributed by atoms with Crippen molar-refractivity contribution in [1.82, 2.24) is 5.32 Å². The maximum absolute atomic E-state index is 12.0.